The van der Waals surface area contributed by atoms with Crippen molar-refractivity contribution >= 4 is 17.1 Å². The molecular formula is C23H21FN4O2. The molecule has 6 nitrogen and oxygen atoms in total. The zero-order chi connectivity index (χ0) is 20.9. The molecule has 30 heavy (non-hydrogen) atoms. The molecule has 0 atom stereocenters. The summed E-state index contributed by atoms with van der Waals surface area (Å²) in [4.78, 5) is 21.6. The number of carbonyl (C=O) groups is 1. The van der Waals surface area contributed by atoms with Gasteiger partial charge in [0.1, 0.15) is 22.9 Å². The highest BCUT2D eigenvalue weighted by atomic mass is 19.1. The first kappa shape index (κ1) is 19.6. The van der Waals surface area contributed by atoms with Crippen molar-refractivity contribution in [2.24, 2.45) is 0 Å². The molecule has 0 radical (unpaired) electrons. The zero-order valence-electron chi connectivity index (χ0n) is 16.5. The van der Waals surface area contributed by atoms with Crippen LogP contribution >= 0.6 is 0 Å². The van der Waals surface area contributed by atoms with Gasteiger partial charge >= 0.3 is 0 Å². The quantitative estimate of drug-likeness (QED) is 0.506. The predicted molar refractivity (Wildman–Crippen MR) is 112 cm³/mol. The summed E-state index contributed by atoms with van der Waals surface area (Å²) >= 11 is 0. The lowest BCUT2D eigenvalue weighted by Gasteiger charge is -2.10. The average molecular weight is 404 g/mol. The van der Waals surface area contributed by atoms with Crippen molar-refractivity contribution in [3.05, 3.63) is 89.6 Å². The molecule has 4 rings (SSSR count). The van der Waals surface area contributed by atoms with Gasteiger partial charge in [0, 0.05) is 11.8 Å². The summed E-state index contributed by atoms with van der Waals surface area (Å²) < 4.78 is 20.6. The van der Waals surface area contributed by atoms with E-state index < -0.39 is 0 Å². The fourth-order valence-electron chi connectivity index (χ4n) is 3.21. The molecule has 1 N–H and O–H groups in total. The van der Waals surface area contributed by atoms with Gasteiger partial charge in [0.2, 0.25) is 0 Å². The minimum atomic E-state index is -0.282. The van der Waals surface area contributed by atoms with Gasteiger partial charge in [-0.15, -0.1) is 0 Å². The van der Waals surface area contributed by atoms with Crippen molar-refractivity contribution in [1.29, 1.82) is 0 Å². The smallest absolute Gasteiger partial charge is 0.251 e. The van der Waals surface area contributed by atoms with E-state index in [0.717, 1.165) is 16.8 Å². The SMILES string of the molecule is CCOc1ccc(C(=O)NCc2nc3cccnc3n2Cc2ccc(F)cc2)cc1. The van der Waals surface area contributed by atoms with E-state index in [2.05, 4.69) is 15.3 Å². The van der Waals surface area contributed by atoms with Crippen LogP contribution in [-0.2, 0) is 13.1 Å². The van der Waals surface area contributed by atoms with Gasteiger partial charge in [-0.05, 0) is 61.0 Å². The van der Waals surface area contributed by atoms with Gasteiger partial charge in [-0.25, -0.2) is 14.4 Å². The Balaban J connectivity index is 1.54. The lowest BCUT2D eigenvalue weighted by atomic mass is 10.2. The predicted octanol–water partition coefficient (Wildman–Crippen LogP) is 3.95. The Morgan fingerprint density at radius 2 is 1.87 bits per heavy atom. The third-order valence-corrected chi connectivity index (χ3v) is 4.67. The summed E-state index contributed by atoms with van der Waals surface area (Å²) in [5.41, 5.74) is 2.91. The number of carbonyl (C=O) groups excluding carboxylic acids is 1. The van der Waals surface area contributed by atoms with Crippen molar-refractivity contribution in [3.63, 3.8) is 0 Å². The maximum absolute atomic E-state index is 13.2. The van der Waals surface area contributed by atoms with Crippen LogP contribution in [0.15, 0.2) is 66.9 Å². The summed E-state index contributed by atoms with van der Waals surface area (Å²) in [6.45, 7) is 3.20. The Labute approximate surface area is 173 Å². The van der Waals surface area contributed by atoms with Gasteiger partial charge in [-0.3, -0.25) is 4.79 Å². The third kappa shape index (κ3) is 4.30. The van der Waals surface area contributed by atoms with E-state index in [1.54, 1.807) is 42.6 Å². The molecule has 2 aromatic carbocycles. The fourth-order valence-corrected chi connectivity index (χ4v) is 3.21. The van der Waals surface area contributed by atoms with Gasteiger partial charge in [0.25, 0.3) is 5.91 Å². The maximum Gasteiger partial charge on any atom is 0.251 e. The van der Waals surface area contributed by atoms with Crippen molar-refractivity contribution in [3.8, 4) is 5.75 Å². The molecule has 0 spiro atoms. The molecule has 0 fully saturated rings. The van der Waals surface area contributed by atoms with Gasteiger partial charge in [-0.1, -0.05) is 12.1 Å². The summed E-state index contributed by atoms with van der Waals surface area (Å²) in [6, 6.07) is 17.0. The summed E-state index contributed by atoms with van der Waals surface area (Å²) in [7, 11) is 0. The van der Waals surface area contributed by atoms with Crippen LogP contribution in [-0.4, -0.2) is 27.0 Å². The Bertz CT molecular complexity index is 1150. The van der Waals surface area contributed by atoms with Crippen molar-refractivity contribution in [2.45, 2.75) is 20.0 Å². The van der Waals surface area contributed by atoms with Crippen LogP contribution in [0.3, 0.4) is 0 Å². The highest BCUT2D eigenvalue weighted by Gasteiger charge is 2.14. The number of hydrogen-bond acceptors (Lipinski definition) is 4. The molecule has 0 aliphatic carbocycles. The number of rotatable bonds is 7. The molecule has 0 aliphatic rings. The van der Waals surface area contributed by atoms with Crippen molar-refractivity contribution in [1.82, 2.24) is 19.9 Å². The molecule has 2 heterocycles. The van der Waals surface area contributed by atoms with Crippen molar-refractivity contribution < 1.29 is 13.9 Å². The van der Waals surface area contributed by atoms with Crippen LogP contribution in [0.1, 0.15) is 28.7 Å². The van der Waals surface area contributed by atoms with Crippen LogP contribution < -0.4 is 10.1 Å². The van der Waals surface area contributed by atoms with E-state index in [9.17, 15) is 9.18 Å². The molecule has 7 heteroatoms. The van der Waals surface area contributed by atoms with Crippen LogP contribution in [0, 0.1) is 5.82 Å². The van der Waals surface area contributed by atoms with Gasteiger partial charge in [0.05, 0.1) is 19.7 Å². The first-order chi connectivity index (χ1) is 14.6. The molecule has 4 aromatic rings. The van der Waals surface area contributed by atoms with Gasteiger partial charge < -0.3 is 14.6 Å². The first-order valence-electron chi connectivity index (χ1n) is 9.69. The Kier molecular flexibility index (Phi) is 5.70. The summed E-state index contributed by atoms with van der Waals surface area (Å²) in [6.07, 6.45) is 1.70. The number of halogens is 1. The number of benzene rings is 2. The molecular weight excluding hydrogens is 383 g/mol. The molecule has 2 aromatic heterocycles. The number of imidazole rings is 1. The largest absolute Gasteiger partial charge is 0.494 e. The highest BCUT2D eigenvalue weighted by molar-refractivity contribution is 5.94. The van der Waals surface area contributed by atoms with E-state index in [4.69, 9.17) is 4.74 Å². The minimum Gasteiger partial charge on any atom is -0.494 e. The number of nitrogens with one attached hydrogen (secondary N) is 1. The van der Waals surface area contributed by atoms with Gasteiger partial charge in [0.15, 0.2) is 5.65 Å². The molecule has 152 valence electrons. The number of fused-ring (bicyclic) bond motifs is 1. The molecule has 1 amide bonds. The number of nitrogens with zero attached hydrogens (tertiary/aromatic N) is 3. The lowest BCUT2D eigenvalue weighted by Crippen LogP contribution is -2.25. The van der Waals surface area contributed by atoms with E-state index in [1.165, 1.54) is 12.1 Å². The molecule has 0 bridgehead atoms. The number of pyridine rings is 1. The van der Waals surface area contributed by atoms with Crippen molar-refractivity contribution in [2.75, 3.05) is 6.61 Å². The Morgan fingerprint density at radius 3 is 2.60 bits per heavy atom. The summed E-state index contributed by atoms with van der Waals surface area (Å²) in [5.74, 6) is 0.912. The number of aromatic nitrogens is 3. The molecule has 0 aliphatic heterocycles. The standard InChI is InChI=1S/C23H21FN4O2/c1-2-30-19-11-7-17(8-12-19)23(29)26-14-21-27-20-4-3-13-25-22(20)28(21)15-16-5-9-18(24)10-6-16/h3-13H,2,14-15H2,1H3,(H,26,29). The second kappa shape index (κ2) is 8.73. The third-order valence-electron chi connectivity index (χ3n) is 4.67. The first-order valence-corrected chi connectivity index (χ1v) is 9.69. The van der Waals surface area contributed by atoms with Crippen LogP contribution in [0.2, 0.25) is 0 Å². The molecule has 0 saturated carbocycles. The zero-order valence-corrected chi connectivity index (χ0v) is 16.5. The fraction of sp³-hybridized carbons (Fsp3) is 0.174. The maximum atomic E-state index is 13.2. The molecule has 0 unspecified atom stereocenters. The van der Waals surface area contributed by atoms with E-state index >= 15 is 0 Å². The van der Waals surface area contributed by atoms with E-state index in [1.807, 2.05) is 23.6 Å². The topological polar surface area (TPSA) is 69.0 Å². The second-order valence-electron chi connectivity index (χ2n) is 6.73. The highest BCUT2D eigenvalue weighted by Crippen LogP contribution is 2.17. The van der Waals surface area contributed by atoms with E-state index in [0.29, 0.717) is 30.2 Å². The number of hydrogen-bond donors (Lipinski definition) is 1. The Hall–Kier alpha value is -3.74. The molecule has 0 saturated heterocycles. The number of ether oxygens (including phenoxy) is 1. The summed E-state index contributed by atoms with van der Waals surface area (Å²) in [5, 5.41) is 2.91. The normalized spacial score (nSPS) is 10.9. The number of amides is 1. The second-order valence-corrected chi connectivity index (χ2v) is 6.73. The Morgan fingerprint density at radius 1 is 1.10 bits per heavy atom. The van der Waals surface area contributed by atoms with Crippen LogP contribution in [0.5, 0.6) is 5.75 Å². The lowest BCUT2D eigenvalue weighted by molar-refractivity contribution is 0.0949. The van der Waals surface area contributed by atoms with Crippen LogP contribution in [0.4, 0.5) is 4.39 Å². The van der Waals surface area contributed by atoms with Gasteiger partial charge in [-0.2, -0.15) is 0 Å². The monoisotopic (exact) mass is 404 g/mol. The minimum absolute atomic E-state index is 0.202. The van der Waals surface area contributed by atoms with E-state index in [-0.39, 0.29) is 18.3 Å². The van der Waals surface area contributed by atoms with Crippen LogP contribution in [0.25, 0.3) is 11.2 Å². The average Bonchev–Trinajstić information content (AvgIpc) is 3.12.